The Hall–Kier alpha value is -1.92. The average Bonchev–Trinajstić information content (AvgIpc) is 2.81. The molecule has 1 atom stereocenters. The fourth-order valence-electron chi connectivity index (χ4n) is 2.49. The molecule has 2 rings (SSSR count). The summed E-state index contributed by atoms with van der Waals surface area (Å²) in [6.45, 7) is 5.66. The van der Waals surface area contributed by atoms with Gasteiger partial charge in [-0.2, -0.15) is 5.10 Å². The quantitative estimate of drug-likeness (QED) is 0.615. The maximum atomic E-state index is 12.5. The predicted octanol–water partition coefficient (Wildman–Crippen LogP) is 1.68. The maximum Gasteiger partial charge on any atom is 0.320 e. The Morgan fingerprint density at radius 3 is 2.95 bits per heavy atom. The fourth-order valence-corrected chi connectivity index (χ4v) is 2.49. The molecule has 1 aliphatic rings. The van der Waals surface area contributed by atoms with Gasteiger partial charge in [0.1, 0.15) is 6.20 Å². The molecule has 1 saturated heterocycles. The minimum absolute atomic E-state index is 0.0987. The van der Waals surface area contributed by atoms with Crippen molar-refractivity contribution in [1.29, 1.82) is 0 Å². The van der Waals surface area contributed by atoms with Crippen molar-refractivity contribution in [2.75, 3.05) is 13.1 Å². The van der Waals surface area contributed by atoms with Gasteiger partial charge in [-0.1, -0.05) is 6.92 Å². The number of hydrogen-bond donors (Lipinski definition) is 0. The molecule has 19 heavy (non-hydrogen) atoms. The van der Waals surface area contributed by atoms with E-state index in [-0.39, 0.29) is 17.3 Å². The van der Waals surface area contributed by atoms with Gasteiger partial charge in [0.05, 0.1) is 4.92 Å². The van der Waals surface area contributed by atoms with Crippen molar-refractivity contribution >= 4 is 11.6 Å². The van der Waals surface area contributed by atoms with Crippen LogP contribution in [-0.2, 0) is 6.54 Å². The van der Waals surface area contributed by atoms with Crippen molar-refractivity contribution in [2.45, 2.75) is 33.2 Å². The predicted molar refractivity (Wildman–Crippen MR) is 68.9 cm³/mol. The van der Waals surface area contributed by atoms with E-state index in [1.807, 2.05) is 6.92 Å². The molecule has 0 aliphatic carbocycles. The number of hydrogen-bond acceptors (Lipinski definition) is 4. The van der Waals surface area contributed by atoms with Crippen LogP contribution in [0.1, 0.15) is 37.2 Å². The topological polar surface area (TPSA) is 81.3 Å². The van der Waals surface area contributed by atoms with E-state index in [4.69, 9.17) is 0 Å². The van der Waals surface area contributed by atoms with Crippen molar-refractivity contribution in [3.8, 4) is 0 Å². The van der Waals surface area contributed by atoms with Crippen LogP contribution >= 0.6 is 0 Å². The number of likely N-dealkylation sites (tertiary alicyclic amines) is 1. The van der Waals surface area contributed by atoms with Gasteiger partial charge in [-0.05, 0) is 25.7 Å². The lowest BCUT2D eigenvalue weighted by molar-refractivity contribution is -0.385. The summed E-state index contributed by atoms with van der Waals surface area (Å²) in [7, 11) is 0. The van der Waals surface area contributed by atoms with Crippen LogP contribution in [0.25, 0.3) is 0 Å². The van der Waals surface area contributed by atoms with Gasteiger partial charge in [0.25, 0.3) is 5.91 Å². The summed E-state index contributed by atoms with van der Waals surface area (Å²) >= 11 is 0. The van der Waals surface area contributed by atoms with Gasteiger partial charge in [-0.3, -0.25) is 19.6 Å². The molecule has 7 nitrogen and oxygen atoms in total. The molecule has 1 amide bonds. The maximum absolute atomic E-state index is 12.5. The first kappa shape index (κ1) is 13.5. The van der Waals surface area contributed by atoms with Crippen LogP contribution in [0, 0.1) is 16.0 Å². The minimum atomic E-state index is -0.542. The Kier molecular flexibility index (Phi) is 3.82. The van der Waals surface area contributed by atoms with Crippen LogP contribution in [0.5, 0.6) is 0 Å². The number of piperidine rings is 1. The number of aromatic nitrogens is 2. The van der Waals surface area contributed by atoms with E-state index in [0.29, 0.717) is 25.6 Å². The Bertz CT molecular complexity index is 497. The molecule has 1 aliphatic heterocycles. The van der Waals surface area contributed by atoms with Gasteiger partial charge >= 0.3 is 5.69 Å². The van der Waals surface area contributed by atoms with E-state index < -0.39 is 4.92 Å². The number of nitrogens with zero attached hydrogens (tertiary/aromatic N) is 4. The Balaban J connectivity index is 2.31. The summed E-state index contributed by atoms with van der Waals surface area (Å²) in [6.07, 6.45) is 3.20. The third kappa shape index (κ3) is 2.59. The summed E-state index contributed by atoms with van der Waals surface area (Å²) < 4.78 is 1.40. The summed E-state index contributed by atoms with van der Waals surface area (Å²) in [6, 6.07) is 0. The lowest BCUT2D eigenvalue weighted by Crippen LogP contribution is -2.40. The summed E-state index contributed by atoms with van der Waals surface area (Å²) in [4.78, 5) is 24.6. The van der Waals surface area contributed by atoms with E-state index >= 15 is 0 Å². The highest BCUT2D eigenvalue weighted by molar-refractivity contribution is 5.96. The molecule has 0 radical (unpaired) electrons. The molecule has 104 valence electrons. The summed E-state index contributed by atoms with van der Waals surface area (Å²) in [5, 5.41) is 14.9. The number of aryl methyl sites for hydroxylation is 1. The third-order valence-electron chi connectivity index (χ3n) is 3.46. The van der Waals surface area contributed by atoms with Gasteiger partial charge in [-0.15, -0.1) is 0 Å². The van der Waals surface area contributed by atoms with Crippen LogP contribution in [0.4, 0.5) is 5.69 Å². The van der Waals surface area contributed by atoms with Crippen LogP contribution in [-0.4, -0.2) is 38.6 Å². The molecule has 7 heteroatoms. The highest BCUT2D eigenvalue weighted by Crippen LogP contribution is 2.23. The van der Waals surface area contributed by atoms with E-state index in [1.54, 1.807) is 4.90 Å². The second kappa shape index (κ2) is 5.38. The Morgan fingerprint density at radius 2 is 2.37 bits per heavy atom. The van der Waals surface area contributed by atoms with Crippen molar-refractivity contribution in [1.82, 2.24) is 14.7 Å². The van der Waals surface area contributed by atoms with E-state index in [0.717, 1.165) is 19.0 Å². The zero-order valence-electron chi connectivity index (χ0n) is 11.2. The minimum Gasteiger partial charge on any atom is -0.337 e. The Morgan fingerprint density at radius 1 is 1.63 bits per heavy atom. The highest BCUT2D eigenvalue weighted by atomic mass is 16.6. The average molecular weight is 266 g/mol. The van der Waals surface area contributed by atoms with Crippen LogP contribution in [0.15, 0.2) is 6.20 Å². The monoisotopic (exact) mass is 266 g/mol. The van der Waals surface area contributed by atoms with Crippen LogP contribution < -0.4 is 0 Å². The standard InChI is InChI=1S/C12H18N4O3/c1-3-15-11(10(7-13-15)16(18)19)12(17)14-6-4-5-9(2)8-14/h7,9H,3-6,8H2,1-2H3/t9-/m1/s1. The van der Waals surface area contributed by atoms with Crippen molar-refractivity contribution in [2.24, 2.45) is 5.92 Å². The van der Waals surface area contributed by atoms with Gasteiger partial charge in [0.2, 0.25) is 5.69 Å². The first-order chi connectivity index (χ1) is 9.04. The summed E-state index contributed by atoms with van der Waals surface area (Å²) in [5.41, 5.74) is -0.105. The molecule has 1 aromatic rings. The first-order valence-corrected chi connectivity index (χ1v) is 6.54. The highest BCUT2D eigenvalue weighted by Gasteiger charge is 2.31. The molecule has 0 N–H and O–H groups in total. The molecular formula is C12H18N4O3. The molecule has 0 spiro atoms. The SMILES string of the molecule is CCn1ncc([N+](=O)[O-])c1C(=O)N1CCC[C@@H](C)C1. The lowest BCUT2D eigenvalue weighted by Gasteiger charge is -2.30. The normalized spacial score (nSPS) is 19.5. The second-order valence-corrected chi connectivity index (χ2v) is 4.95. The van der Waals surface area contributed by atoms with Gasteiger partial charge in [-0.25, -0.2) is 0 Å². The van der Waals surface area contributed by atoms with E-state index in [9.17, 15) is 14.9 Å². The zero-order chi connectivity index (χ0) is 14.0. The molecule has 2 heterocycles. The van der Waals surface area contributed by atoms with E-state index in [2.05, 4.69) is 12.0 Å². The Labute approximate surface area is 111 Å². The molecule has 0 unspecified atom stereocenters. The summed E-state index contributed by atoms with van der Waals surface area (Å²) in [5.74, 6) is 0.160. The molecule has 0 bridgehead atoms. The van der Waals surface area contributed by atoms with Gasteiger partial charge < -0.3 is 4.90 Å². The largest absolute Gasteiger partial charge is 0.337 e. The number of carbonyl (C=O) groups is 1. The number of amides is 1. The third-order valence-corrected chi connectivity index (χ3v) is 3.46. The number of carbonyl (C=O) groups excluding carboxylic acids is 1. The molecule has 0 aromatic carbocycles. The van der Waals surface area contributed by atoms with Crippen molar-refractivity contribution < 1.29 is 9.72 Å². The van der Waals surface area contributed by atoms with Gasteiger partial charge in [0, 0.05) is 19.6 Å². The fraction of sp³-hybridized carbons (Fsp3) is 0.667. The first-order valence-electron chi connectivity index (χ1n) is 6.54. The molecule has 0 saturated carbocycles. The molecule has 1 fully saturated rings. The molecule has 1 aromatic heterocycles. The molecular weight excluding hydrogens is 248 g/mol. The van der Waals surface area contributed by atoms with Crippen LogP contribution in [0.3, 0.4) is 0 Å². The van der Waals surface area contributed by atoms with E-state index in [1.165, 1.54) is 4.68 Å². The van der Waals surface area contributed by atoms with Crippen molar-refractivity contribution in [3.05, 3.63) is 22.0 Å². The van der Waals surface area contributed by atoms with Crippen LogP contribution in [0.2, 0.25) is 0 Å². The van der Waals surface area contributed by atoms with Crippen molar-refractivity contribution in [3.63, 3.8) is 0 Å². The van der Waals surface area contributed by atoms with Gasteiger partial charge in [0.15, 0.2) is 0 Å². The lowest BCUT2D eigenvalue weighted by atomic mass is 10.00. The second-order valence-electron chi connectivity index (χ2n) is 4.95. The zero-order valence-corrected chi connectivity index (χ0v) is 11.2. The smallest absolute Gasteiger partial charge is 0.320 e. The number of rotatable bonds is 3. The number of nitro groups is 1.